The Bertz CT molecular complexity index is 719. The summed E-state index contributed by atoms with van der Waals surface area (Å²) in [6.07, 6.45) is 3.36. The van der Waals surface area contributed by atoms with Crippen LogP contribution in [0.4, 0.5) is 5.69 Å². The smallest absolute Gasteiger partial charge is 0.224 e. The fraction of sp³-hybridized carbons (Fsp3) is 0.263. The summed E-state index contributed by atoms with van der Waals surface area (Å²) in [5.74, 6) is 0.108. The van der Waals surface area contributed by atoms with Crippen LogP contribution in [0.15, 0.2) is 42.5 Å². The number of carbonyl (C=O) groups is 1. The Morgan fingerprint density at radius 2 is 1.86 bits per heavy atom. The first-order valence-corrected chi connectivity index (χ1v) is 7.64. The van der Waals surface area contributed by atoms with E-state index in [1.165, 1.54) is 11.8 Å². The molecule has 1 amide bonds. The molecule has 22 heavy (non-hydrogen) atoms. The van der Waals surface area contributed by atoms with Crippen molar-refractivity contribution < 1.29 is 4.79 Å². The van der Waals surface area contributed by atoms with E-state index in [4.69, 9.17) is 5.41 Å². The maximum absolute atomic E-state index is 11.9. The summed E-state index contributed by atoms with van der Waals surface area (Å²) in [4.78, 5) is 13.8. The van der Waals surface area contributed by atoms with Gasteiger partial charge in [0.15, 0.2) is 0 Å². The zero-order valence-electron chi connectivity index (χ0n) is 13.0. The van der Waals surface area contributed by atoms with Crippen molar-refractivity contribution in [3.63, 3.8) is 0 Å². The molecule has 0 spiro atoms. The molecule has 0 fully saturated rings. The van der Waals surface area contributed by atoms with E-state index in [2.05, 4.69) is 25.1 Å². The first-order chi connectivity index (χ1) is 10.6. The molecule has 1 aliphatic heterocycles. The Morgan fingerprint density at radius 3 is 2.50 bits per heavy atom. The molecule has 3 nitrogen and oxygen atoms in total. The van der Waals surface area contributed by atoms with Crippen molar-refractivity contribution in [2.75, 3.05) is 4.90 Å². The largest absolute Gasteiger partial charge is 0.310 e. The molecule has 3 rings (SSSR count). The van der Waals surface area contributed by atoms with E-state index in [-0.39, 0.29) is 11.9 Å². The summed E-state index contributed by atoms with van der Waals surface area (Å²) in [6, 6.07) is 14.6. The van der Waals surface area contributed by atoms with Crippen LogP contribution >= 0.6 is 0 Å². The van der Waals surface area contributed by atoms with Crippen molar-refractivity contribution in [1.82, 2.24) is 0 Å². The van der Waals surface area contributed by atoms with Crippen LogP contribution in [0.25, 0.3) is 11.1 Å². The van der Waals surface area contributed by atoms with Gasteiger partial charge in [-0.2, -0.15) is 0 Å². The number of hydrogen-bond donors (Lipinski definition) is 1. The minimum Gasteiger partial charge on any atom is -0.310 e. The van der Waals surface area contributed by atoms with E-state index in [1.807, 2.05) is 29.2 Å². The summed E-state index contributed by atoms with van der Waals surface area (Å²) in [5, 5.41) is 7.26. The molecular weight excluding hydrogens is 272 g/mol. The van der Waals surface area contributed by atoms with E-state index in [9.17, 15) is 4.79 Å². The lowest BCUT2D eigenvalue weighted by Crippen LogP contribution is -2.40. The van der Waals surface area contributed by atoms with E-state index >= 15 is 0 Å². The van der Waals surface area contributed by atoms with Gasteiger partial charge in [-0.25, -0.2) is 0 Å². The second-order valence-corrected chi connectivity index (χ2v) is 5.89. The average Bonchev–Trinajstić information content (AvgIpc) is 2.54. The van der Waals surface area contributed by atoms with Crippen LogP contribution < -0.4 is 4.90 Å². The Labute approximate surface area is 131 Å². The van der Waals surface area contributed by atoms with E-state index in [1.54, 1.807) is 6.92 Å². The zero-order valence-corrected chi connectivity index (χ0v) is 13.0. The Balaban J connectivity index is 2.00. The Hall–Kier alpha value is -2.42. The van der Waals surface area contributed by atoms with Crippen molar-refractivity contribution in [1.29, 1.82) is 5.41 Å². The number of nitrogens with one attached hydrogen (secondary N) is 1. The molecule has 1 atom stereocenters. The van der Waals surface area contributed by atoms with Gasteiger partial charge >= 0.3 is 0 Å². The molecule has 1 N–H and O–H groups in total. The predicted octanol–water partition coefficient (Wildman–Crippen LogP) is 4.04. The molecule has 0 aromatic heterocycles. The first kappa shape index (κ1) is 14.5. The van der Waals surface area contributed by atoms with Gasteiger partial charge in [-0.15, -0.1) is 0 Å². The van der Waals surface area contributed by atoms with Crippen LogP contribution in [-0.2, 0) is 11.2 Å². The lowest BCUT2D eigenvalue weighted by Gasteiger charge is -2.34. The fourth-order valence-electron chi connectivity index (χ4n) is 3.18. The van der Waals surface area contributed by atoms with Gasteiger partial charge in [0, 0.05) is 24.9 Å². The molecule has 2 aromatic rings. The zero-order chi connectivity index (χ0) is 15.7. The third-order valence-electron chi connectivity index (χ3n) is 4.36. The number of aryl methyl sites for hydroxylation is 1. The van der Waals surface area contributed by atoms with Crippen LogP contribution in [0, 0.1) is 5.41 Å². The molecule has 2 aromatic carbocycles. The number of benzene rings is 2. The quantitative estimate of drug-likeness (QED) is 0.834. The topological polar surface area (TPSA) is 44.2 Å². The van der Waals surface area contributed by atoms with Crippen LogP contribution in [0.1, 0.15) is 31.4 Å². The number of rotatable bonds is 2. The molecule has 112 valence electrons. The van der Waals surface area contributed by atoms with Gasteiger partial charge in [-0.3, -0.25) is 4.79 Å². The van der Waals surface area contributed by atoms with Gasteiger partial charge in [-0.05, 0) is 54.2 Å². The van der Waals surface area contributed by atoms with Crippen molar-refractivity contribution in [2.24, 2.45) is 0 Å². The monoisotopic (exact) mass is 292 g/mol. The van der Waals surface area contributed by atoms with E-state index < -0.39 is 0 Å². The fourth-order valence-corrected chi connectivity index (χ4v) is 3.18. The molecule has 0 aliphatic carbocycles. The Kier molecular flexibility index (Phi) is 3.80. The average molecular weight is 292 g/mol. The van der Waals surface area contributed by atoms with Gasteiger partial charge in [0.1, 0.15) is 0 Å². The minimum absolute atomic E-state index is 0.108. The van der Waals surface area contributed by atoms with Crippen molar-refractivity contribution in [3.05, 3.63) is 53.6 Å². The normalized spacial score (nSPS) is 17.0. The molecule has 0 saturated carbocycles. The SMILES string of the molecule is CC(=O)N1c2ccc(-c3ccc(C=N)cc3)cc2CC[C@@H]1C. The molecule has 3 heteroatoms. The maximum Gasteiger partial charge on any atom is 0.224 e. The molecule has 0 bridgehead atoms. The highest BCUT2D eigenvalue weighted by Gasteiger charge is 2.26. The van der Waals surface area contributed by atoms with Gasteiger partial charge in [-0.1, -0.05) is 30.3 Å². The predicted molar refractivity (Wildman–Crippen MR) is 90.7 cm³/mol. The van der Waals surface area contributed by atoms with Crippen molar-refractivity contribution in [3.8, 4) is 11.1 Å². The van der Waals surface area contributed by atoms with Crippen LogP contribution in [0.2, 0.25) is 0 Å². The number of nitrogens with zero attached hydrogens (tertiary/aromatic N) is 1. The third-order valence-corrected chi connectivity index (χ3v) is 4.36. The summed E-state index contributed by atoms with van der Waals surface area (Å²) in [5.41, 5.74) is 5.49. The number of fused-ring (bicyclic) bond motifs is 1. The first-order valence-electron chi connectivity index (χ1n) is 7.64. The number of anilines is 1. The van der Waals surface area contributed by atoms with Gasteiger partial charge < -0.3 is 10.3 Å². The van der Waals surface area contributed by atoms with Gasteiger partial charge in [0.05, 0.1) is 0 Å². The lowest BCUT2D eigenvalue weighted by molar-refractivity contribution is -0.117. The summed E-state index contributed by atoms with van der Waals surface area (Å²) >= 11 is 0. The van der Waals surface area contributed by atoms with E-state index in [0.29, 0.717) is 0 Å². The summed E-state index contributed by atoms with van der Waals surface area (Å²) in [7, 11) is 0. The third kappa shape index (κ3) is 2.54. The van der Waals surface area contributed by atoms with Crippen LogP contribution in [0.3, 0.4) is 0 Å². The second-order valence-electron chi connectivity index (χ2n) is 5.89. The molecule has 1 heterocycles. The second kappa shape index (κ2) is 5.76. The minimum atomic E-state index is 0.108. The highest BCUT2D eigenvalue weighted by molar-refractivity contribution is 5.94. The molecule has 0 unspecified atom stereocenters. The lowest BCUT2D eigenvalue weighted by atomic mass is 9.93. The van der Waals surface area contributed by atoms with Crippen LogP contribution in [-0.4, -0.2) is 18.2 Å². The number of carbonyl (C=O) groups excluding carboxylic acids is 1. The van der Waals surface area contributed by atoms with Gasteiger partial charge in [0.25, 0.3) is 0 Å². The highest BCUT2D eigenvalue weighted by Crippen LogP contribution is 2.34. The maximum atomic E-state index is 11.9. The number of amides is 1. The highest BCUT2D eigenvalue weighted by atomic mass is 16.2. The molecular formula is C19H20N2O. The van der Waals surface area contributed by atoms with Crippen molar-refractivity contribution in [2.45, 2.75) is 32.7 Å². The molecule has 0 radical (unpaired) electrons. The van der Waals surface area contributed by atoms with Gasteiger partial charge in [0.2, 0.25) is 5.91 Å². The standard InChI is InChI=1S/C19H20N2O/c1-13-3-6-18-11-17(9-10-19(18)21(13)14(2)22)16-7-4-15(12-20)5-8-16/h4-5,7-13,20H,3,6H2,1-2H3/t13-/m0/s1. The van der Waals surface area contributed by atoms with Crippen molar-refractivity contribution >= 4 is 17.8 Å². The van der Waals surface area contributed by atoms with E-state index in [0.717, 1.165) is 35.2 Å². The summed E-state index contributed by atoms with van der Waals surface area (Å²) < 4.78 is 0. The Morgan fingerprint density at radius 1 is 1.18 bits per heavy atom. The number of hydrogen-bond acceptors (Lipinski definition) is 2. The molecule has 0 saturated heterocycles. The molecule has 1 aliphatic rings. The van der Waals surface area contributed by atoms with Crippen LogP contribution in [0.5, 0.6) is 0 Å². The summed E-state index contributed by atoms with van der Waals surface area (Å²) in [6.45, 7) is 3.74.